The summed E-state index contributed by atoms with van der Waals surface area (Å²) in [6.45, 7) is 2.01. The Morgan fingerprint density at radius 1 is 1.11 bits per heavy atom. The number of hydrogen-bond acceptors (Lipinski definition) is 3. The quantitative estimate of drug-likeness (QED) is 0.823. The normalized spacial score (nSPS) is 10.2. The minimum atomic E-state index is 0.653. The highest BCUT2D eigenvalue weighted by Gasteiger charge is 2.06. The summed E-state index contributed by atoms with van der Waals surface area (Å²) in [4.78, 5) is 0. The van der Waals surface area contributed by atoms with Crippen LogP contribution in [0, 0.1) is 6.92 Å². The van der Waals surface area contributed by atoms with Crippen LogP contribution in [0.1, 0.15) is 5.56 Å². The van der Waals surface area contributed by atoms with E-state index in [-0.39, 0.29) is 0 Å². The number of benzene rings is 2. The second-order valence-electron chi connectivity index (χ2n) is 4.04. The molecule has 0 amide bonds. The Morgan fingerprint density at radius 3 is 2.61 bits per heavy atom. The molecule has 2 aromatic rings. The summed E-state index contributed by atoms with van der Waals surface area (Å²) >= 11 is 5.99. The van der Waals surface area contributed by atoms with Crippen molar-refractivity contribution in [2.45, 2.75) is 6.92 Å². The molecule has 18 heavy (non-hydrogen) atoms. The molecular formula is C14H15ClN2O. The second-order valence-corrected chi connectivity index (χ2v) is 4.48. The van der Waals surface area contributed by atoms with Crippen LogP contribution in [-0.4, -0.2) is 7.11 Å². The van der Waals surface area contributed by atoms with Crippen LogP contribution in [0.4, 0.5) is 17.1 Å². The first-order valence-electron chi connectivity index (χ1n) is 5.57. The maximum absolute atomic E-state index is 5.99. The van der Waals surface area contributed by atoms with E-state index < -0.39 is 0 Å². The van der Waals surface area contributed by atoms with Gasteiger partial charge in [-0.05, 0) is 42.8 Å². The molecule has 0 bridgehead atoms. The molecule has 3 nitrogen and oxygen atoms in total. The zero-order chi connectivity index (χ0) is 13.1. The van der Waals surface area contributed by atoms with Gasteiger partial charge in [-0.15, -0.1) is 0 Å². The highest BCUT2D eigenvalue weighted by Crippen LogP contribution is 2.32. The first-order valence-corrected chi connectivity index (χ1v) is 5.94. The number of methoxy groups -OCH3 is 1. The predicted octanol–water partition coefficient (Wildman–Crippen LogP) is 3.98. The van der Waals surface area contributed by atoms with Gasteiger partial charge in [0.2, 0.25) is 0 Å². The summed E-state index contributed by atoms with van der Waals surface area (Å²) in [6.07, 6.45) is 0. The van der Waals surface area contributed by atoms with E-state index in [1.54, 1.807) is 13.2 Å². The number of nitrogen functional groups attached to an aromatic ring is 1. The van der Waals surface area contributed by atoms with Crippen LogP contribution in [0.15, 0.2) is 36.4 Å². The Balaban J connectivity index is 2.38. The maximum atomic E-state index is 5.99. The topological polar surface area (TPSA) is 47.3 Å². The van der Waals surface area contributed by atoms with Crippen LogP contribution in [0.5, 0.6) is 5.75 Å². The lowest BCUT2D eigenvalue weighted by molar-refractivity contribution is 0.417. The third-order valence-electron chi connectivity index (χ3n) is 2.69. The van der Waals surface area contributed by atoms with Gasteiger partial charge in [0.1, 0.15) is 5.75 Å². The lowest BCUT2D eigenvalue weighted by Crippen LogP contribution is -1.97. The zero-order valence-electron chi connectivity index (χ0n) is 10.3. The van der Waals surface area contributed by atoms with Gasteiger partial charge in [0.25, 0.3) is 0 Å². The molecule has 0 atom stereocenters. The van der Waals surface area contributed by atoms with Gasteiger partial charge in [-0.1, -0.05) is 17.7 Å². The van der Waals surface area contributed by atoms with Crippen molar-refractivity contribution in [3.8, 4) is 5.75 Å². The Morgan fingerprint density at radius 2 is 1.89 bits per heavy atom. The smallest absolute Gasteiger partial charge is 0.142 e. The molecule has 0 aliphatic carbocycles. The predicted molar refractivity (Wildman–Crippen MR) is 76.9 cm³/mol. The van der Waals surface area contributed by atoms with Crippen LogP contribution in [0.3, 0.4) is 0 Å². The fourth-order valence-electron chi connectivity index (χ4n) is 1.70. The van der Waals surface area contributed by atoms with Crippen molar-refractivity contribution in [1.82, 2.24) is 0 Å². The van der Waals surface area contributed by atoms with Crippen LogP contribution in [-0.2, 0) is 0 Å². The van der Waals surface area contributed by atoms with Gasteiger partial charge in [-0.25, -0.2) is 0 Å². The van der Waals surface area contributed by atoms with Gasteiger partial charge in [0.05, 0.1) is 12.8 Å². The lowest BCUT2D eigenvalue weighted by Gasteiger charge is -2.14. The third kappa shape index (κ3) is 2.68. The Hall–Kier alpha value is -1.87. The van der Waals surface area contributed by atoms with E-state index in [2.05, 4.69) is 5.32 Å². The van der Waals surface area contributed by atoms with Crippen molar-refractivity contribution in [2.75, 3.05) is 18.2 Å². The molecule has 3 N–H and O–H groups in total. The lowest BCUT2D eigenvalue weighted by atomic mass is 10.1. The molecule has 0 radical (unpaired) electrons. The molecule has 0 saturated heterocycles. The van der Waals surface area contributed by atoms with Crippen LogP contribution in [0.25, 0.3) is 0 Å². The van der Waals surface area contributed by atoms with Crippen molar-refractivity contribution in [2.24, 2.45) is 0 Å². The van der Waals surface area contributed by atoms with Crippen LogP contribution < -0.4 is 15.8 Å². The molecule has 94 valence electrons. The number of nitrogens with one attached hydrogen (secondary N) is 1. The van der Waals surface area contributed by atoms with Gasteiger partial charge in [0, 0.05) is 16.4 Å². The standard InChI is InChI=1S/C14H15ClN2O/c1-9-3-5-11(16)8-12(9)17-13-7-10(15)4-6-14(13)18-2/h3-8,17H,16H2,1-2H3. The second kappa shape index (κ2) is 5.19. The first-order chi connectivity index (χ1) is 8.60. The maximum Gasteiger partial charge on any atom is 0.142 e. The molecule has 0 unspecified atom stereocenters. The minimum absolute atomic E-state index is 0.653. The van der Waals surface area contributed by atoms with E-state index in [1.165, 1.54) is 0 Å². The number of ether oxygens (including phenoxy) is 1. The van der Waals surface area contributed by atoms with Gasteiger partial charge < -0.3 is 15.8 Å². The third-order valence-corrected chi connectivity index (χ3v) is 2.93. The number of nitrogens with two attached hydrogens (primary N) is 1. The van der Waals surface area contributed by atoms with Crippen molar-refractivity contribution < 1.29 is 4.74 Å². The van der Waals surface area contributed by atoms with E-state index in [1.807, 2.05) is 37.3 Å². The SMILES string of the molecule is COc1ccc(Cl)cc1Nc1cc(N)ccc1C. The number of rotatable bonds is 3. The average Bonchev–Trinajstić information content (AvgIpc) is 2.34. The van der Waals surface area contributed by atoms with E-state index in [4.69, 9.17) is 22.1 Å². The molecule has 2 aromatic carbocycles. The molecule has 0 aliphatic rings. The van der Waals surface area contributed by atoms with Crippen molar-refractivity contribution in [1.29, 1.82) is 0 Å². The molecule has 0 saturated carbocycles. The molecule has 0 fully saturated rings. The highest BCUT2D eigenvalue weighted by molar-refractivity contribution is 6.31. The molecule has 0 heterocycles. The Labute approximate surface area is 112 Å². The Kier molecular flexibility index (Phi) is 3.63. The summed E-state index contributed by atoms with van der Waals surface area (Å²) in [5, 5.41) is 3.94. The monoisotopic (exact) mass is 262 g/mol. The van der Waals surface area contributed by atoms with Gasteiger partial charge >= 0.3 is 0 Å². The summed E-state index contributed by atoms with van der Waals surface area (Å²) in [6, 6.07) is 11.2. The van der Waals surface area contributed by atoms with Crippen molar-refractivity contribution in [3.05, 3.63) is 47.0 Å². The van der Waals surface area contributed by atoms with Crippen molar-refractivity contribution >= 4 is 28.7 Å². The van der Waals surface area contributed by atoms with E-state index in [0.717, 1.165) is 22.7 Å². The van der Waals surface area contributed by atoms with Gasteiger partial charge in [-0.2, -0.15) is 0 Å². The molecule has 2 rings (SSSR count). The molecule has 0 aliphatic heterocycles. The van der Waals surface area contributed by atoms with Crippen molar-refractivity contribution in [3.63, 3.8) is 0 Å². The molecule has 0 spiro atoms. The number of aryl methyl sites for hydroxylation is 1. The van der Waals surface area contributed by atoms with Crippen LogP contribution in [0.2, 0.25) is 5.02 Å². The average molecular weight is 263 g/mol. The highest BCUT2D eigenvalue weighted by atomic mass is 35.5. The summed E-state index contributed by atoms with van der Waals surface area (Å²) < 4.78 is 5.29. The van der Waals surface area contributed by atoms with E-state index >= 15 is 0 Å². The van der Waals surface area contributed by atoms with E-state index in [0.29, 0.717) is 10.7 Å². The summed E-state index contributed by atoms with van der Waals surface area (Å²) in [7, 11) is 1.63. The summed E-state index contributed by atoms with van der Waals surface area (Å²) in [5.74, 6) is 0.737. The molecule has 0 aromatic heterocycles. The minimum Gasteiger partial charge on any atom is -0.495 e. The fourth-order valence-corrected chi connectivity index (χ4v) is 1.87. The van der Waals surface area contributed by atoms with Crippen LogP contribution >= 0.6 is 11.6 Å². The number of anilines is 3. The molecular weight excluding hydrogens is 248 g/mol. The van der Waals surface area contributed by atoms with Gasteiger partial charge in [0.15, 0.2) is 0 Å². The zero-order valence-corrected chi connectivity index (χ0v) is 11.1. The van der Waals surface area contributed by atoms with E-state index in [9.17, 15) is 0 Å². The number of hydrogen-bond donors (Lipinski definition) is 2. The number of halogens is 1. The molecule has 4 heteroatoms. The largest absolute Gasteiger partial charge is 0.495 e. The first kappa shape index (κ1) is 12.6. The Bertz CT molecular complexity index is 570. The van der Waals surface area contributed by atoms with Gasteiger partial charge in [-0.3, -0.25) is 0 Å². The fraction of sp³-hybridized carbons (Fsp3) is 0.143. The summed E-state index contributed by atoms with van der Waals surface area (Å²) in [5.41, 5.74) is 9.36.